The molecule has 5 aromatic carbocycles. The van der Waals surface area contributed by atoms with Gasteiger partial charge < -0.3 is 10.6 Å². The average Bonchev–Trinajstić information content (AvgIpc) is 2.89. The van der Waals surface area contributed by atoms with Crippen molar-refractivity contribution in [1.29, 1.82) is 0 Å². The first-order valence-electron chi connectivity index (χ1n) is 11.9. The second-order valence-electron chi connectivity index (χ2n) is 8.93. The molecule has 0 aliphatic heterocycles. The first-order chi connectivity index (χ1) is 17.5. The molecule has 0 spiro atoms. The Morgan fingerprint density at radius 2 is 1.19 bits per heavy atom. The van der Waals surface area contributed by atoms with Gasteiger partial charge in [-0.05, 0) is 77.4 Å². The van der Waals surface area contributed by atoms with E-state index in [4.69, 9.17) is 0 Å². The number of hydrogen-bond donors (Lipinski definition) is 2. The summed E-state index contributed by atoms with van der Waals surface area (Å²) in [5, 5.41) is 9.93. The molecule has 0 fully saturated rings. The van der Waals surface area contributed by atoms with Gasteiger partial charge in [0.15, 0.2) is 0 Å². The Kier molecular flexibility index (Phi) is 6.33. The molecule has 0 saturated heterocycles. The van der Waals surface area contributed by atoms with Gasteiger partial charge in [-0.3, -0.25) is 9.59 Å². The summed E-state index contributed by atoms with van der Waals surface area (Å²) in [5.41, 5.74) is 4.34. The van der Waals surface area contributed by atoms with Gasteiger partial charge in [0.1, 0.15) is 5.70 Å². The number of aryl methyl sites for hydroxylation is 2. The first kappa shape index (κ1) is 23.1. The van der Waals surface area contributed by atoms with Crippen molar-refractivity contribution < 1.29 is 9.59 Å². The highest BCUT2D eigenvalue weighted by atomic mass is 16.2. The summed E-state index contributed by atoms with van der Waals surface area (Å²) in [6, 6.07) is 33.1. The zero-order chi connectivity index (χ0) is 25.1. The molecule has 0 aliphatic carbocycles. The van der Waals surface area contributed by atoms with Crippen molar-refractivity contribution in [2.24, 2.45) is 0 Å². The Labute approximate surface area is 210 Å². The summed E-state index contributed by atoms with van der Waals surface area (Å²) < 4.78 is 0. The third-order valence-corrected chi connectivity index (χ3v) is 6.22. The predicted molar refractivity (Wildman–Crippen MR) is 148 cm³/mol. The number of amides is 2. The fourth-order valence-corrected chi connectivity index (χ4v) is 4.24. The van der Waals surface area contributed by atoms with Gasteiger partial charge >= 0.3 is 0 Å². The minimum atomic E-state index is -0.392. The molecule has 2 amide bonds. The summed E-state index contributed by atoms with van der Waals surface area (Å²) in [7, 11) is 0. The van der Waals surface area contributed by atoms with E-state index in [1.807, 2.05) is 86.6 Å². The Morgan fingerprint density at radius 1 is 0.667 bits per heavy atom. The highest BCUT2D eigenvalue weighted by Crippen LogP contribution is 2.30. The van der Waals surface area contributed by atoms with Crippen molar-refractivity contribution in [1.82, 2.24) is 5.32 Å². The van der Waals surface area contributed by atoms with Crippen LogP contribution in [0.25, 0.3) is 27.6 Å². The maximum atomic E-state index is 13.5. The van der Waals surface area contributed by atoms with Crippen LogP contribution in [0, 0.1) is 13.8 Å². The van der Waals surface area contributed by atoms with E-state index in [1.54, 1.807) is 18.2 Å². The second-order valence-corrected chi connectivity index (χ2v) is 8.93. The molecule has 5 aromatic rings. The monoisotopic (exact) mass is 470 g/mol. The van der Waals surface area contributed by atoms with Crippen molar-refractivity contribution in [3.8, 4) is 0 Å². The molecule has 36 heavy (non-hydrogen) atoms. The van der Waals surface area contributed by atoms with E-state index in [2.05, 4.69) is 28.8 Å². The maximum Gasteiger partial charge on any atom is 0.272 e. The molecule has 0 radical (unpaired) electrons. The second kappa shape index (κ2) is 9.88. The minimum absolute atomic E-state index is 0.169. The van der Waals surface area contributed by atoms with Crippen molar-refractivity contribution in [3.63, 3.8) is 0 Å². The van der Waals surface area contributed by atoms with E-state index >= 15 is 0 Å². The van der Waals surface area contributed by atoms with Crippen LogP contribution >= 0.6 is 0 Å². The van der Waals surface area contributed by atoms with E-state index in [1.165, 1.54) is 0 Å². The number of hydrogen-bond acceptors (Lipinski definition) is 2. The van der Waals surface area contributed by atoms with Crippen molar-refractivity contribution in [3.05, 3.63) is 131 Å². The average molecular weight is 471 g/mol. The van der Waals surface area contributed by atoms with E-state index in [-0.39, 0.29) is 11.6 Å². The van der Waals surface area contributed by atoms with Gasteiger partial charge in [0.25, 0.3) is 11.8 Å². The number of carbonyl (C=O) groups excluding carboxylic acids is 2. The fourth-order valence-electron chi connectivity index (χ4n) is 4.24. The Hall–Kier alpha value is -4.70. The lowest BCUT2D eigenvalue weighted by Crippen LogP contribution is -2.30. The van der Waals surface area contributed by atoms with Crippen LogP contribution in [0.5, 0.6) is 0 Å². The van der Waals surface area contributed by atoms with Crippen LogP contribution in [0.1, 0.15) is 27.0 Å². The SMILES string of the molecule is Cc1ccc(NC(=O)/C(=C/c2c3ccccc3cc3ccccc23)NC(=O)c2ccc(C)cc2)cc1. The minimum Gasteiger partial charge on any atom is -0.321 e. The van der Waals surface area contributed by atoms with Gasteiger partial charge in [-0.15, -0.1) is 0 Å². The third-order valence-electron chi connectivity index (χ3n) is 6.22. The largest absolute Gasteiger partial charge is 0.321 e. The van der Waals surface area contributed by atoms with E-state index in [9.17, 15) is 9.59 Å². The summed E-state index contributed by atoms with van der Waals surface area (Å²) in [5.74, 6) is -0.735. The zero-order valence-corrected chi connectivity index (χ0v) is 20.2. The molecule has 0 aliphatic rings. The Morgan fingerprint density at radius 3 is 1.78 bits per heavy atom. The smallest absolute Gasteiger partial charge is 0.272 e. The summed E-state index contributed by atoms with van der Waals surface area (Å²) in [6.07, 6.45) is 1.78. The number of carbonyl (C=O) groups is 2. The van der Waals surface area contributed by atoms with E-state index in [0.717, 1.165) is 38.2 Å². The lowest BCUT2D eigenvalue weighted by atomic mass is 9.96. The molecule has 0 unspecified atom stereocenters. The van der Waals surface area contributed by atoms with E-state index in [0.29, 0.717) is 11.3 Å². The zero-order valence-electron chi connectivity index (χ0n) is 20.2. The van der Waals surface area contributed by atoms with Gasteiger partial charge in [-0.2, -0.15) is 0 Å². The van der Waals surface area contributed by atoms with Crippen LogP contribution in [0.2, 0.25) is 0 Å². The molecule has 2 N–H and O–H groups in total. The molecule has 0 atom stereocenters. The number of nitrogens with one attached hydrogen (secondary N) is 2. The third kappa shape index (κ3) is 4.89. The van der Waals surface area contributed by atoms with Crippen LogP contribution in [0.3, 0.4) is 0 Å². The van der Waals surface area contributed by atoms with Crippen LogP contribution in [-0.4, -0.2) is 11.8 Å². The van der Waals surface area contributed by atoms with Gasteiger partial charge in [0.2, 0.25) is 0 Å². The number of anilines is 1. The summed E-state index contributed by atoms with van der Waals surface area (Å²) >= 11 is 0. The molecule has 0 saturated carbocycles. The molecule has 0 heterocycles. The lowest BCUT2D eigenvalue weighted by molar-refractivity contribution is -0.113. The molecular weight excluding hydrogens is 444 g/mol. The summed E-state index contributed by atoms with van der Waals surface area (Å²) in [6.45, 7) is 3.96. The highest BCUT2D eigenvalue weighted by Gasteiger charge is 2.17. The molecule has 5 rings (SSSR count). The summed E-state index contributed by atoms with van der Waals surface area (Å²) in [4.78, 5) is 26.7. The molecule has 0 aromatic heterocycles. The van der Waals surface area contributed by atoms with Gasteiger partial charge in [0, 0.05) is 11.3 Å². The predicted octanol–water partition coefficient (Wildman–Crippen LogP) is 7.02. The van der Waals surface area contributed by atoms with Gasteiger partial charge in [-0.1, -0.05) is 83.9 Å². The highest BCUT2D eigenvalue weighted by molar-refractivity contribution is 6.14. The maximum absolute atomic E-state index is 13.5. The quantitative estimate of drug-likeness (QED) is 0.214. The Balaban J connectivity index is 1.62. The van der Waals surface area contributed by atoms with E-state index < -0.39 is 5.91 Å². The van der Waals surface area contributed by atoms with Gasteiger partial charge in [0.05, 0.1) is 0 Å². The molecule has 0 bridgehead atoms. The van der Waals surface area contributed by atoms with Crippen LogP contribution < -0.4 is 10.6 Å². The standard InChI is InChI=1S/C32H26N2O2/c1-21-11-15-23(16-12-21)31(35)34-30(32(36)33-26-17-13-22(2)14-18-26)20-29-27-9-5-3-7-24(27)19-25-8-4-6-10-28(25)29/h3-20H,1-2H3,(H,33,36)(H,34,35)/b30-20-. The normalized spacial score (nSPS) is 11.4. The molecular formula is C32H26N2O2. The molecule has 4 heteroatoms. The van der Waals surface area contributed by atoms with Crippen molar-refractivity contribution in [2.45, 2.75) is 13.8 Å². The molecule has 176 valence electrons. The van der Waals surface area contributed by atoms with Crippen LogP contribution in [-0.2, 0) is 4.79 Å². The lowest BCUT2D eigenvalue weighted by Gasteiger charge is -2.14. The Bertz CT molecular complexity index is 1560. The van der Waals surface area contributed by atoms with Crippen LogP contribution in [0.4, 0.5) is 5.69 Å². The topological polar surface area (TPSA) is 58.2 Å². The number of benzene rings is 5. The van der Waals surface area contributed by atoms with Crippen molar-refractivity contribution >= 4 is 45.1 Å². The van der Waals surface area contributed by atoms with Gasteiger partial charge in [-0.25, -0.2) is 0 Å². The molecule has 4 nitrogen and oxygen atoms in total. The first-order valence-corrected chi connectivity index (χ1v) is 11.9. The van der Waals surface area contributed by atoms with Crippen molar-refractivity contribution in [2.75, 3.05) is 5.32 Å². The fraction of sp³-hybridized carbons (Fsp3) is 0.0625. The number of rotatable bonds is 5. The number of fused-ring (bicyclic) bond motifs is 2. The van der Waals surface area contributed by atoms with Crippen LogP contribution in [0.15, 0.2) is 109 Å².